The predicted molar refractivity (Wildman–Crippen MR) is 103 cm³/mol. The van der Waals surface area contributed by atoms with Crippen LogP contribution in [0.15, 0.2) is 24.3 Å². The van der Waals surface area contributed by atoms with Crippen LogP contribution >= 0.6 is 0 Å². The monoisotopic (exact) mass is 304 g/mol. The van der Waals surface area contributed by atoms with E-state index in [2.05, 4.69) is 65.8 Å². The molecule has 0 saturated heterocycles. The summed E-state index contributed by atoms with van der Waals surface area (Å²) in [6, 6.07) is 8.48. The standard InChI is InChI=1S/C8H16.C8H10.C6H14/c2*1-7-3-5-8(2)6-4-7;1-3-5-6-4-2/h7-8H,3-6H2,1-2H3;3-6H,1-2H3;3-6H2,1-2H3. The molecular formula is C22H40. The van der Waals surface area contributed by atoms with Gasteiger partial charge in [-0.1, -0.05) is 114 Å². The second-order valence-electron chi connectivity index (χ2n) is 7.23. The van der Waals surface area contributed by atoms with Crippen LogP contribution in [0.1, 0.15) is 90.2 Å². The first-order chi connectivity index (χ1) is 10.5. The lowest BCUT2D eigenvalue weighted by molar-refractivity contribution is 0.308. The van der Waals surface area contributed by atoms with E-state index in [1.54, 1.807) is 0 Å². The van der Waals surface area contributed by atoms with Gasteiger partial charge < -0.3 is 0 Å². The van der Waals surface area contributed by atoms with Crippen LogP contribution in [0.2, 0.25) is 0 Å². The maximum Gasteiger partial charge on any atom is -0.0398 e. The topological polar surface area (TPSA) is 0 Å². The third kappa shape index (κ3) is 12.9. The lowest BCUT2D eigenvalue weighted by Crippen LogP contribution is -2.08. The number of rotatable bonds is 3. The van der Waals surface area contributed by atoms with Gasteiger partial charge in [0.25, 0.3) is 0 Å². The number of hydrogen-bond donors (Lipinski definition) is 0. The average Bonchev–Trinajstić information content (AvgIpc) is 2.52. The summed E-state index contributed by atoms with van der Waals surface area (Å²) in [5.74, 6) is 2.04. The second-order valence-corrected chi connectivity index (χ2v) is 7.23. The van der Waals surface area contributed by atoms with Crippen molar-refractivity contribution in [2.75, 3.05) is 0 Å². The summed E-state index contributed by atoms with van der Waals surface area (Å²) in [6.45, 7) is 13.4. The van der Waals surface area contributed by atoms with Gasteiger partial charge in [0.15, 0.2) is 0 Å². The zero-order chi connectivity index (χ0) is 16.8. The predicted octanol–water partition coefficient (Wildman–Crippen LogP) is 7.72. The Hall–Kier alpha value is -0.780. The van der Waals surface area contributed by atoms with Crippen molar-refractivity contribution in [2.45, 2.75) is 92.9 Å². The minimum absolute atomic E-state index is 1.02. The highest BCUT2D eigenvalue weighted by molar-refractivity contribution is 5.19. The van der Waals surface area contributed by atoms with Gasteiger partial charge in [0, 0.05) is 0 Å². The lowest BCUT2D eigenvalue weighted by Gasteiger charge is -2.22. The highest BCUT2D eigenvalue weighted by Crippen LogP contribution is 2.27. The summed E-state index contributed by atoms with van der Waals surface area (Å²) in [6.07, 6.45) is 11.4. The fraction of sp³-hybridized carbons (Fsp3) is 0.727. The van der Waals surface area contributed by atoms with Gasteiger partial charge >= 0.3 is 0 Å². The Morgan fingerprint density at radius 2 is 0.955 bits per heavy atom. The molecule has 0 heteroatoms. The van der Waals surface area contributed by atoms with E-state index in [1.165, 1.54) is 62.5 Å². The van der Waals surface area contributed by atoms with Crippen LogP contribution in [0.5, 0.6) is 0 Å². The van der Waals surface area contributed by atoms with Gasteiger partial charge in [-0.25, -0.2) is 0 Å². The maximum atomic E-state index is 2.37. The summed E-state index contributed by atoms with van der Waals surface area (Å²) < 4.78 is 0. The number of hydrogen-bond acceptors (Lipinski definition) is 0. The Morgan fingerprint density at radius 3 is 1.18 bits per heavy atom. The maximum absolute atomic E-state index is 2.37. The van der Waals surface area contributed by atoms with Crippen LogP contribution in [0.25, 0.3) is 0 Å². The van der Waals surface area contributed by atoms with Crippen molar-refractivity contribution in [3.63, 3.8) is 0 Å². The molecule has 1 aliphatic rings. The molecule has 0 N–H and O–H groups in total. The molecular weight excluding hydrogens is 264 g/mol. The largest absolute Gasteiger partial charge is 0.0654 e. The molecule has 1 aromatic carbocycles. The number of unbranched alkanes of at least 4 members (excludes halogenated alkanes) is 3. The second kappa shape index (κ2) is 13.9. The number of aryl methyl sites for hydroxylation is 2. The van der Waals surface area contributed by atoms with Crippen molar-refractivity contribution in [1.29, 1.82) is 0 Å². The van der Waals surface area contributed by atoms with E-state index in [9.17, 15) is 0 Å². The van der Waals surface area contributed by atoms with Crippen molar-refractivity contribution in [3.05, 3.63) is 35.4 Å². The smallest absolute Gasteiger partial charge is 0.0398 e. The van der Waals surface area contributed by atoms with Crippen molar-refractivity contribution < 1.29 is 0 Å². The Balaban J connectivity index is 0.000000306. The first-order valence-corrected chi connectivity index (χ1v) is 9.52. The van der Waals surface area contributed by atoms with Gasteiger partial charge in [0.05, 0.1) is 0 Å². The van der Waals surface area contributed by atoms with Gasteiger partial charge in [-0.2, -0.15) is 0 Å². The summed E-state index contributed by atoms with van der Waals surface area (Å²) in [5.41, 5.74) is 2.66. The fourth-order valence-electron chi connectivity index (χ4n) is 2.56. The quantitative estimate of drug-likeness (QED) is 0.501. The van der Waals surface area contributed by atoms with Crippen LogP contribution < -0.4 is 0 Å². The highest BCUT2D eigenvalue weighted by Gasteiger charge is 2.13. The van der Waals surface area contributed by atoms with Crippen molar-refractivity contribution in [2.24, 2.45) is 11.8 Å². The molecule has 0 amide bonds. The Bertz CT molecular complexity index is 293. The average molecular weight is 305 g/mol. The molecule has 0 bridgehead atoms. The molecule has 1 fully saturated rings. The van der Waals surface area contributed by atoms with Gasteiger partial charge in [-0.05, 0) is 25.7 Å². The van der Waals surface area contributed by atoms with Crippen LogP contribution in [-0.4, -0.2) is 0 Å². The van der Waals surface area contributed by atoms with E-state index in [-0.39, 0.29) is 0 Å². The van der Waals surface area contributed by atoms with E-state index >= 15 is 0 Å². The first-order valence-electron chi connectivity index (χ1n) is 9.52. The van der Waals surface area contributed by atoms with Crippen LogP contribution in [-0.2, 0) is 0 Å². The molecule has 1 saturated carbocycles. The highest BCUT2D eigenvalue weighted by atomic mass is 14.2. The first kappa shape index (κ1) is 21.2. The molecule has 0 aromatic heterocycles. The lowest BCUT2D eigenvalue weighted by atomic mass is 9.84. The van der Waals surface area contributed by atoms with E-state index in [0.29, 0.717) is 0 Å². The molecule has 0 nitrogen and oxygen atoms in total. The Morgan fingerprint density at radius 1 is 0.682 bits per heavy atom. The fourth-order valence-corrected chi connectivity index (χ4v) is 2.56. The van der Waals surface area contributed by atoms with Gasteiger partial charge in [0.2, 0.25) is 0 Å². The summed E-state index contributed by atoms with van der Waals surface area (Å²) >= 11 is 0. The van der Waals surface area contributed by atoms with Crippen molar-refractivity contribution in [1.82, 2.24) is 0 Å². The third-order valence-corrected chi connectivity index (χ3v) is 4.48. The van der Waals surface area contributed by atoms with Gasteiger partial charge in [-0.15, -0.1) is 0 Å². The third-order valence-electron chi connectivity index (χ3n) is 4.48. The zero-order valence-corrected chi connectivity index (χ0v) is 16.1. The van der Waals surface area contributed by atoms with Crippen LogP contribution in [0.4, 0.5) is 0 Å². The molecule has 1 aliphatic carbocycles. The molecule has 2 rings (SSSR count). The van der Waals surface area contributed by atoms with Gasteiger partial charge in [-0.3, -0.25) is 0 Å². The SMILES string of the molecule is CC1CCC(C)CC1.CCCCCC.Cc1ccc(C)cc1. The molecule has 128 valence electrons. The normalized spacial score (nSPS) is 20.3. The number of benzene rings is 1. The molecule has 0 unspecified atom stereocenters. The summed E-state index contributed by atoms with van der Waals surface area (Å²) in [4.78, 5) is 0. The molecule has 1 aromatic rings. The molecule has 0 atom stereocenters. The van der Waals surface area contributed by atoms with Crippen molar-refractivity contribution in [3.8, 4) is 0 Å². The van der Waals surface area contributed by atoms with E-state index in [4.69, 9.17) is 0 Å². The Labute approximate surface area is 140 Å². The molecule has 0 heterocycles. The van der Waals surface area contributed by atoms with Crippen LogP contribution in [0.3, 0.4) is 0 Å². The minimum Gasteiger partial charge on any atom is -0.0654 e. The van der Waals surface area contributed by atoms with E-state index in [1.807, 2.05) is 0 Å². The molecule has 0 spiro atoms. The zero-order valence-electron chi connectivity index (χ0n) is 16.1. The molecule has 22 heavy (non-hydrogen) atoms. The minimum atomic E-state index is 1.02. The Kier molecular flexibility index (Phi) is 13.4. The van der Waals surface area contributed by atoms with Gasteiger partial charge in [0.1, 0.15) is 0 Å². The molecule has 0 aliphatic heterocycles. The van der Waals surface area contributed by atoms with E-state index < -0.39 is 0 Å². The van der Waals surface area contributed by atoms with Crippen molar-refractivity contribution >= 4 is 0 Å². The molecule has 0 radical (unpaired) electrons. The van der Waals surface area contributed by atoms with E-state index in [0.717, 1.165) is 11.8 Å². The summed E-state index contributed by atoms with van der Waals surface area (Å²) in [5, 5.41) is 0. The van der Waals surface area contributed by atoms with Crippen LogP contribution in [0, 0.1) is 25.7 Å². The summed E-state index contributed by atoms with van der Waals surface area (Å²) in [7, 11) is 0.